The van der Waals surface area contributed by atoms with Crippen LogP contribution in [0.15, 0.2) is 87.9 Å². The van der Waals surface area contributed by atoms with Crippen molar-refractivity contribution >= 4 is 90.7 Å². The van der Waals surface area contributed by atoms with E-state index in [2.05, 4.69) is 57.8 Å². The molecule has 5 aromatic carbocycles. The molecule has 304 valence electrons. The number of anilines is 2. The van der Waals surface area contributed by atoms with E-state index in [-0.39, 0.29) is 68.3 Å². The molecule has 0 aromatic heterocycles. The molecule has 0 aliphatic rings. The van der Waals surface area contributed by atoms with Crippen LogP contribution in [0.1, 0.15) is 78.0 Å². The third kappa shape index (κ3) is 9.73. The van der Waals surface area contributed by atoms with Crippen LogP contribution in [0.3, 0.4) is 0 Å². The van der Waals surface area contributed by atoms with Gasteiger partial charge in [-0.3, -0.25) is 9.35 Å². The minimum atomic E-state index is -4.80. The molecule has 5 aromatic rings. The molecule has 0 unspecified atom stereocenters. The molecule has 58 heavy (non-hydrogen) atoms. The van der Waals surface area contributed by atoms with Gasteiger partial charge in [-0.25, -0.2) is 0 Å². The Hall–Kier alpha value is -4.37. The van der Waals surface area contributed by atoms with E-state index < -0.39 is 32.4 Å². The van der Waals surface area contributed by atoms with Gasteiger partial charge in [0.1, 0.15) is 27.8 Å². The van der Waals surface area contributed by atoms with E-state index in [9.17, 15) is 28.0 Å². The number of halogens is 1. The summed E-state index contributed by atoms with van der Waals surface area (Å²) in [6, 6.07) is 19.9. The molecular weight excluding hydrogens is 791 g/mol. The Morgan fingerprint density at radius 3 is 2.05 bits per heavy atom. The van der Waals surface area contributed by atoms with Crippen molar-refractivity contribution in [3.8, 4) is 28.7 Å². The first kappa shape index (κ1) is 46.3. The number of aromatic hydroxyl groups is 2. The number of hydrogen-bond acceptors (Lipinski definition) is 10. The fraction of sp³-hybridized carbons (Fsp3) is 0.326. The average molecular weight is 841 g/mol. The van der Waals surface area contributed by atoms with E-state index in [0.29, 0.717) is 27.8 Å². The van der Waals surface area contributed by atoms with Crippen LogP contribution in [0.25, 0.3) is 10.8 Å². The fourth-order valence-corrected chi connectivity index (χ4v) is 6.87. The summed E-state index contributed by atoms with van der Waals surface area (Å²) in [4.78, 5) is 20.7. The monoisotopic (exact) mass is 840 g/mol. The molecule has 0 radical (unpaired) electrons. The Kier molecular flexibility index (Phi) is 14.3. The van der Waals surface area contributed by atoms with Gasteiger partial charge < -0.3 is 24.7 Å². The second-order valence-electron chi connectivity index (χ2n) is 15.4. The first-order valence-corrected chi connectivity index (χ1v) is 20.2. The zero-order valence-corrected chi connectivity index (χ0v) is 35.4. The Labute approximate surface area is 367 Å². The summed E-state index contributed by atoms with van der Waals surface area (Å²) in [6.45, 7) is 15.8. The van der Waals surface area contributed by atoms with Crippen LogP contribution in [-0.2, 0) is 25.7 Å². The van der Waals surface area contributed by atoms with Crippen LogP contribution in [0.2, 0.25) is 5.02 Å². The Morgan fingerprint density at radius 1 is 0.845 bits per heavy atom. The zero-order chi connectivity index (χ0) is 42.2. The Morgan fingerprint density at radius 2 is 1.48 bits per heavy atom. The molecule has 0 bridgehead atoms. The molecule has 0 atom stereocenters. The average Bonchev–Trinajstić information content (AvgIpc) is 3.16. The van der Waals surface area contributed by atoms with Crippen molar-refractivity contribution in [3.05, 3.63) is 94.5 Å². The van der Waals surface area contributed by atoms with E-state index in [1.165, 1.54) is 31.2 Å². The summed E-state index contributed by atoms with van der Waals surface area (Å²) >= 11 is 6.63. The molecule has 12 nitrogen and oxygen atoms in total. The van der Waals surface area contributed by atoms with Crippen LogP contribution in [0.4, 0.5) is 22.7 Å². The number of phenols is 2. The third-order valence-corrected chi connectivity index (χ3v) is 11.9. The standard InChI is InChI=1S/C43H49ClN4O8S.Na.H/c1-11-42(5,6)28-13-20-35(33(23-28)43(7,8)12-2)56-48(26(4)49)34-24-36(25(3)38(44)41(34)51)55-31-17-14-29(15-18-31)45-46-39-37(57(52,53)54)22-27-21-30(47(9)10)16-19-32(27)40(39)50;;/h13-24,50-51H,11-12H2,1-10H3,(H,52,53,54);;. The Bertz CT molecular complexity index is 2490. The molecule has 0 heterocycles. The van der Waals surface area contributed by atoms with Crippen LogP contribution < -0.4 is 19.5 Å². The van der Waals surface area contributed by atoms with Gasteiger partial charge in [0, 0.05) is 49.3 Å². The number of hydrogen-bond donors (Lipinski definition) is 3. The van der Waals surface area contributed by atoms with E-state index in [4.69, 9.17) is 21.2 Å². The summed E-state index contributed by atoms with van der Waals surface area (Å²) in [5.74, 6) is -0.345. The summed E-state index contributed by atoms with van der Waals surface area (Å²) in [5, 5.41) is 32.1. The number of nitrogens with zero attached hydrogens (tertiary/aromatic N) is 4. The summed E-state index contributed by atoms with van der Waals surface area (Å²) in [6.07, 6.45) is 1.73. The molecule has 0 saturated heterocycles. The molecule has 0 aliphatic heterocycles. The number of carbonyl (C=O) groups excluding carboxylic acids is 1. The van der Waals surface area contributed by atoms with Gasteiger partial charge in [-0.2, -0.15) is 13.5 Å². The third-order valence-electron chi connectivity index (χ3n) is 10.5. The molecule has 0 spiro atoms. The predicted molar refractivity (Wildman–Crippen MR) is 232 cm³/mol. The van der Waals surface area contributed by atoms with Crippen molar-refractivity contribution in [2.45, 2.75) is 84.0 Å². The van der Waals surface area contributed by atoms with Gasteiger partial charge in [-0.15, -0.1) is 10.2 Å². The molecule has 0 fully saturated rings. The van der Waals surface area contributed by atoms with Crippen molar-refractivity contribution in [3.63, 3.8) is 0 Å². The molecule has 15 heteroatoms. The normalized spacial score (nSPS) is 12.1. The van der Waals surface area contributed by atoms with Crippen molar-refractivity contribution in [1.29, 1.82) is 0 Å². The van der Waals surface area contributed by atoms with E-state index >= 15 is 0 Å². The number of fused-ring (bicyclic) bond motifs is 1. The first-order valence-electron chi connectivity index (χ1n) is 18.4. The second-order valence-corrected chi connectivity index (χ2v) is 17.2. The van der Waals surface area contributed by atoms with Gasteiger partial charge in [-0.1, -0.05) is 65.3 Å². The summed E-state index contributed by atoms with van der Waals surface area (Å²) in [5.41, 5.74) is 2.62. The van der Waals surface area contributed by atoms with Crippen LogP contribution >= 0.6 is 11.6 Å². The van der Waals surface area contributed by atoms with E-state index in [1.54, 1.807) is 37.3 Å². The number of rotatable bonds is 13. The number of hydroxylamine groups is 1. The fourth-order valence-electron chi connectivity index (χ4n) is 6.02. The first-order chi connectivity index (χ1) is 26.6. The quantitative estimate of drug-likeness (QED) is 0.0453. The molecule has 0 saturated carbocycles. The van der Waals surface area contributed by atoms with Gasteiger partial charge in [0.2, 0.25) is 0 Å². The maximum atomic E-state index is 13.2. The van der Waals surface area contributed by atoms with Gasteiger partial charge in [0.25, 0.3) is 16.0 Å². The van der Waals surface area contributed by atoms with Crippen molar-refractivity contribution in [1.82, 2.24) is 0 Å². The Balaban J connectivity index is 0.00000744. The van der Waals surface area contributed by atoms with Crippen molar-refractivity contribution in [2.75, 3.05) is 24.1 Å². The number of ether oxygens (including phenoxy) is 1. The number of phenolic OH excluding ortho intramolecular Hbond substituents is 2. The molecule has 3 N–H and O–H groups in total. The SMILES string of the molecule is CCC(C)(C)c1ccc(ON(C(C)=O)c2cc(Oc3ccc(N=Nc4c(S(=O)(=O)O)cc5cc(N(C)C)ccc5c4O)cc3)c(C)c(Cl)c2O)c(C(C)(C)CC)c1.[NaH]. The van der Waals surface area contributed by atoms with Crippen molar-refractivity contribution in [2.24, 2.45) is 10.2 Å². The van der Waals surface area contributed by atoms with Crippen LogP contribution in [-0.4, -0.2) is 72.7 Å². The molecule has 0 aliphatic carbocycles. The van der Waals surface area contributed by atoms with E-state index in [1.807, 2.05) is 31.1 Å². The molecule has 5 rings (SSSR count). The number of azo groups is 1. The number of carbonyl (C=O) groups is 1. The predicted octanol–water partition coefficient (Wildman–Crippen LogP) is 10.8. The topological polar surface area (TPSA) is 162 Å². The van der Waals surface area contributed by atoms with Gasteiger partial charge in [-0.05, 0) is 96.1 Å². The van der Waals surface area contributed by atoms with Gasteiger partial charge in [0.05, 0.1) is 10.7 Å². The van der Waals surface area contributed by atoms with Gasteiger partial charge in [0.15, 0.2) is 17.2 Å². The van der Waals surface area contributed by atoms with E-state index in [0.717, 1.165) is 34.7 Å². The van der Waals surface area contributed by atoms with Gasteiger partial charge >= 0.3 is 29.6 Å². The van der Waals surface area contributed by atoms with Crippen molar-refractivity contribution < 1.29 is 37.6 Å². The summed E-state index contributed by atoms with van der Waals surface area (Å²) < 4.78 is 40.9. The maximum absolute atomic E-state index is 13.2. The number of amides is 1. The summed E-state index contributed by atoms with van der Waals surface area (Å²) in [7, 11) is -1.16. The van der Waals surface area contributed by atoms with Crippen LogP contribution in [0, 0.1) is 6.92 Å². The molecular formula is C43H50ClN4NaO8S. The number of benzene rings is 5. The zero-order valence-electron chi connectivity index (χ0n) is 33.8. The second kappa shape index (κ2) is 17.9. The van der Waals surface area contributed by atoms with Crippen LogP contribution in [0.5, 0.6) is 28.7 Å². The minimum absolute atomic E-state index is 0. The molecule has 1 amide bonds.